The Bertz CT molecular complexity index is 335. The number of aryl methyl sites for hydroxylation is 1. The zero-order chi connectivity index (χ0) is 10.7. The van der Waals surface area contributed by atoms with E-state index in [9.17, 15) is 9.59 Å². The summed E-state index contributed by atoms with van der Waals surface area (Å²) < 4.78 is 5.31. The van der Waals surface area contributed by atoms with E-state index in [1.165, 1.54) is 13.8 Å². The second-order valence-electron chi connectivity index (χ2n) is 3.49. The molecule has 0 aromatic carbocycles. The van der Waals surface area contributed by atoms with Gasteiger partial charge in [-0.05, 0) is 32.9 Å². The standard InChI is InChI=1S/C11H14O3/c1-7-4-5-10(14-7)6-11(8(2)12)9(3)13/h4-5,11H,6H2,1-3H3. The Balaban J connectivity index is 2.74. The summed E-state index contributed by atoms with van der Waals surface area (Å²) in [4.78, 5) is 22.3. The van der Waals surface area contributed by atoms with Gasteiger partial charge < -0.3 is 4.42 Å². The third-order valence-corrected chi connectivity index (χ3v) is 2.18. The highest BCUT2D eigenvalue weighted by Gasteiger charge is 2.21. The van der Waals surface area contributed by atoms with Crippen LogP contribution in [0.3, 0.4) is 0 Å². The first-order chi connectivity index (χ1) is 6.50. The monoisotopic (exact) mass is 194 g/mol. The SMILES string of the molecule is CC(=O)C(Cc1ccc(C)o1)C(C)=O. The van der Waals surface area contributed by atoms with Gasteiger partial charge in [-0.15, -0.1) is 0 Å². The first kappa shape index (κ1) is 10.7. The van der Waals surface area contributed by atoms with Crippen LogP contribution in [0, 0.1) is 12.8 Å². The van der Waals surface area contributed by atoms with Crippen molar-refractivity contribution in [1.29, 1.82) is 0 Å². The van der Waals surface area contributed by atoms with E-state index in [1.54, 1.807) is 6.07 Å². The van der Waals surface area contributed by atoms with E-state index < -0.39 is 5.92 Å². The minimum atomic E-state index is -0.555. The molecule has 1 heterocycles. The quantitative estimate of drug-likeness (QED) is 0.688. The molecule has 0 fully saturated rings. The van der Waals surface area contributed by atoms with Crippen LogP contribution in [0.25, 0.3) is 0 Å². The van der Waals surface area contributed by atoms with E-state index in [1.807, 2.05) is 13.0 Å². The predicted molar refractivity (Wildman–Crippen MR) is 52.0 cm³/mol. The lowest BCUT2D eigenvalue weighted by Gasteiger charge is -2.07. The Morgan fingerprint density at radius 2 is 1.86 bits per heavy atom. The average Bonchev–Trinajstić information content (AvgIpc) is 2.46. The summed E-state index contributed by atoms with van der Waals surface area (Å²) >= 11 is 0. The van der Waals surface area contributed by atoms with Crippen molar-refractivity contribution in [2.75, 3.05) is 0 Å². The summed E-state index contributed by atoms with van der Waals surface area (Å²) in [7, 11) is 0. The van der Waals surface area contributed by atoms with E-state index in [2.05, 4.69) is 0 Å². The Morgan fingerprint density at radius 1 is 1.29 bits per heavy atom. The maximum absolute atomic E-state index is 11.1. The van der Waals surface area contributed by atoms with Crippen LogP contribution >= 0.6 is 0 Å². The average molecular weight is 194 g/mol. The molecule has 3 nitrogen and oxygen atoms in total. The van der Waals surface area contributed by atoms with Gasteiger partial charge in [0.2, 0.25) is 0 Å². The maximum atomic E-state index is 11.1. The largest absolute Gasteiger partial charge is 0.466 e. The fraction of sp³-hybridized carbons (Fsp3) is 0.455. The highest BCUT2D eigenvalue weighted by molar-refractivity contribution is 6.00. The Morgan fingerprint density at radius 3 is 2.21 bits per heavy atom. The van der Waals surface area contributed by atoms with Crippen LogP contribution in [0.15, 0.2) is 16.5 Å². The number of hydrogen-bond donors (Lipinski definition) is 0. The van der Waals surface area contributed by atoms with Gasteiger partial charge >= 0.3 is 0 Å². The van der Waals surface area contributed by atoms with Crippen molar-refractivity contribution in [2.45, 2.75) is 27.2 Å². The molecule has 0 radical (unpaired) electrons. The molecule has 0 aliphatic rings. The molecule has 0 atom stereocenters. The molecular formula is C11H14O3. The van der Waals surface area contributed by atoms with E-state index in [-0.39, 0.29) is 11.6 Å². The fourth-order valence-electron chi connectivity index (χ4n) is 1.37. The van der Waals surface area contributed by atoms with E-state index in [0.717, 1.165) is 5.76 Å². The molecular weight excluding hydrogens is 180 g/mol. The lowest BCUT2D eigenvalue weighted by Crippen LogP contribution is -2.21. The number of furan rings is 1. The molecule has 0 aliphatic heterocycles. The molecule has 0 saturated carbocycles. The summed E-state index contributed by atoms with van der Waals surface area (Å²) in [6.07, 6.45) is 0.374. The van der Waals surface area contributed by atoms with Crippen LogP contribution in [-0.4, -0.2) is 11.6 Å². The maximum Gasteiger partial charge on any atom is 0.140 e. The molecule has 1 rings (SSSR count). The van der Waals surface area contributed by atoms with Gasteiger partial charge in [-0.1, -0.05) is 0 Å². The van der Waals surface area contributed by atoms with Crippen molar-refractivity contribution in [3.05, 3.63) is 23.7 Å². The predicted octanol–water partition coefficient (Wildman–Crippen LogP) is 1.92. The van der Waals surface area contributed by atoms with Crippen molar-refractivity contribution in [1.82, 2.24) is 0 Å². The van der Waals surface area contributed by atoms with Gasteiger partial charge in [0, 0.05) is 6.42 Å². The van der Waals surface area contributed by atoms with Crippen LogP contribution in [0.4, 0.5) is 0 Å². The molecule has 0 unspecified atom stereocenters. The molecule has 76 valence electrons. The third kappa shape index (κ3) is 2.55. The van der Waals surface area contributed by atoms with Crippen molar-refractivity contribution >= 4 is 11.6 Å². The summed E-state index contributed by atoms with van der Waals surface area (Å²) in [6, 6.07) is 3.63. The molecule has 0 amide bonds. The normalized spacial score (nSPS) is 10.6. The van der Waals surface area contributed by atoms with Gasteiger partial charge in [-0.2, -0.15) is 0 Å². The van der Waals surface area contributed by atoms with Gasteiger partial charge in [0.05, 0.1) is 5.92 Å². The van der Waals surface area contributed by atoms with Crippen molar-refractivity contribution in [3.63, 3.8) is 0 Å². The Labute approximate surface area is 83.1 Å². The minimum Gasteiger partial charge on any atom is -0.466 e. The van der Waals surface area contributed by atoms with Gasteiger partial charge in [0.1, 0.15) is 23.1 Å². The van der Waals surface area contributed by atoms with Gasteiger partial charge in [0.15, 0.2) is 0 Å². The highest BCUT2D eigenvalue weighted by atomic mass is 16.3. The molecule has 14 heavy (non-hydrogen) atoms. The highest BCUT2D eigenvalue weighted by Crippen LogP contribution is 2.13. The van der Waals surface area contributed by atoms with Crippen molar-refractivity contribution < 1.29 is 14.0 Å². The summed E-state index contributed by atoms with van der Waals surface area (Å²) in [5.74, 6) is 0.724. The Kier molecular flexibility index (Phi) is 3.23. The second-order valence-corrected chi connectivity index (χ2v) is 3.49. The number of hydrogen-bond acceptors (Lipinski definition) is 3. The second kappa shape index (κ2) is 4.22. The summed E-state index contributed by atoms with van der Waals surface area (Å²) in [6.45, 7) is 4.70. The first-order valence-corrected chi connectivity index (χ1v) is 4.57. The number of carbonyl (C=O) groups excluding carboxylic acids is 2. The van der Waals surface area contributed by atoms with Crippen molar-refractivity contribution in [3.8, 4) is 0 Å². The van der Waals surface area contributed by atoms with Crippen LogP contribution in [0.5, 0.6) is 0 Å². The fourth-order valence-corrected chi connectivity index (χ4v) is 1.37. The molecule has 3 heteroatoms. The van der Waals surface area contributed by atoms with Crippen LogP contribution in [0.2, 0.25) is 0 Å². The van der Waals surface area contributed by atoms with Crippen LogP contribution < -0.4 is 0 Å². The topological polar surface area (TPSA) is 47.3 Å². The third-order valence-electron chi connectivity index (χ3n) is 2.18. The molecule has 0 bridgehead atoms. The zero-order valence-corrected chi connectivity index (χ0v) is 8.66. The lowest BCUT2D eigenvalue weighted by atomic mass is 9.96. The van der Waals surface area contributed by atoms with Gasteiger partial charge in [-0.3, -0.25) is 9.59 Å². The van der Waals surface area contributed by atoms with E-state index >= 15 is 0 Å². The van der Waals surface area contributed by atoms with E-state index in [4.69, 9.17) is 4.42 Å². The number of ketones is 2. The smallest absolute Gasteiger partial charge is 0.140 e. The lowest BCUT2D eigenvalue weighted by molar-refractivity contribution is -0.130. The first-order valence-electron chi connectivity index (χ1n) is 4.57. The molecule has 1 aromatic rings. The summed E-state index contributed by atoms with van der Waals surface area (Å²) in [5.41, 5.74) is 0. The van der Waals surface area contributed by atoms with E-state index in [0.29, 0.717) is 12.2 Å². The summed E-state index contributed by atoms with van der Waals surface area (Å²) in [5, 5.41) is 0. The molecule has 1 aromatic heterocycles. The van der Waals surface area contributed by atoms with Crippen LogP contribution in [-0.2, 0) is 16.0 Å². The molecule has 0 saturated heterocycles. The number of Topliss-reactive ketones (excluding diaryl/α,β-unsaturated/α-hetero) is 2. The molecule has 0 spiro atoms. The molecule has 0 aliphatic carbocycles. The number of rotatable bonds is 4. The molecule has 0 N–H and O–H groups in total. The number of carbonyl (C=O) groups is 2. The van der Waals surface area contributed by atoms with Crippen LogP contribution in [0.1, 0.15) is 25.4 Å². The van der Waals surface area contributed by atoms with Gasteiger partial charge in [-0.25, -0.2) is 0 Å². The van der Waals surface area contributed by atoms with Gasteiger partial charge in [0.25, 0.3) is 0 Å². The minimum absolute atomic E-state index is 0.105. The van der Waals surface area contributed by atoms with Crippen molar-refractivity contribution in [2.24, 2.45) is 5.92 Å². The zero-order valence-electron chi connectivity index (χ0n) is 8.66. The Hall–Kier alpha value is -1.38.